The number of nitrogens with zero attached hydrogens (tertiary/aromatic N) is 1. The number of amides is 1. The van der Waals surface area contributed by atoms with Gasteiger partial charge in [0, 0.05) is 5.56 Å². The molecule has 0 unspecified atom stereocenters. The van der Waals surface area contributed by atoms with Crippen molar-refractivity contribution in [3.63, 3.8) is 0 Å². The van der Waals surface area contributed by atoms with E-state index < -0.39 is 0 Å². The number of aromatic nitrogens is 1. The van der Waals surface area contributed by atoms with Gasteiger partial charge in [-0.05, 0) is 32.0 Å². The molecule has 19 heavy (non-hydrogen) atoms. The molecule has 100 valence electrons. The van der Waals surface area contributed by atoms with Crippen LogP contribution in [0.15, 0.2) is 28.9 Å². The lowest BCUT2D eigenvalue weighted by molar-refractivity contribution is 0.102. The number of rotatable bonds is 4. The smallest absolute Gasteiger partial charge is 0.301 e. The molecule has 1 heterocycles. The van der Waals surface area contributed by atoms with Crippen LogP contribution in [0.1, 0.15) is 23.0 Å². The number of nitrogen functional groups attached to an aromatic ring is 1. The van der Waals surface area contributed by atoms with E-state index >= 15 is 0 Å². The molecule has 0 saturated carbocycles. The molecule has 1 aromatic carbocycles. The Balaban J connectivity index is 2.13. The lowest BCUT2D eigenvalue weighted by Gasteiger charge is -2.08. The van der Waals surface area contributed by atoms with Crippen LogP contribution in [0.5, 0.6) is 5.75 Å². The third kappa shape index (κ3) is 3.04. The zero-order valence-electron chi connectivity index (χ0n) is 10.8. The molecule has 6 nitrogen and oxygen atoms in total. The van der Waals surface area contributed by atoms with Crippen LogP contribution in [0.25, 0.3) is 0 Å². The maximum Gasteiger partial charge on any atom is 0.301 e. The molecule has 1 aromatic heterocycles. The van der Waals surface area contributed by atoms with Crippen molar-refractivity contribution in [3.05, 3.63) is 35.7 Å². The SMILES string of the molecule is CCOc1ccc(C(=O)Nc2nc(C)co2)cc1N. The standard InChI is InChI=1S/C13H15N3O3/c1-3-18-11-5-4-9(6-10(11)14)12(17)16-13-15-8(2)7-19-13/h4-7H,3,14H2,1-2H3,(H,15,16,17). The third-order valence-electron chi connectivity index (χ3n) is 2.41. The molecule has 0 radical (unpaired) electrons. The Morgan fingerprint density at radius 2 is 2.32 bits per heavy atom. The van der Waals surface area contributed by atoms with Crippen molar-refractivity contribution in [1.82, 2.24) is 4.98 Å². The first-order valence-corrected chi connectivity index (χ1v) is 5.86. The Kier molecular flexibility index (Phi) is 3.70. The van der Waals surface area contributed by atoms with Crippen LogP contribution in [0.4, 0.5) is 11.7 Å². The van der Waals surface area contributed by atoms with Gasteiger partial charge in [-0.1, -0.05) is 0 Å². The van der Waals surface area contributed by atoms with Gasteiger partial charge in [-0.25, -0.2) is 0 Å². The van der Waals surface area contributed by atoms with Gasteiger partial charge in [0.05, 0.1) is 18.0 Å². The third-order valence-corrected chi connectivity index (χ3v) is 2.41. The summed E-state index contributed by atoms with van der Waals surface area (Å²) < 4.78 is 10.4. The zero-order chi connectivity index (χ0) is 13.8. The van der Waals surface area contributed by atoms with Crippen molar-refractivity contribution in [2.24, 2.45) is 0 Å². The highest BCUT2D eigenvalue weighted by molar-refractivity contribution is 6.03. The van der Waals surface area contributed by atoms with E-state index in [9.17, 15) is 4.79 Å². The molecule has 0 aliphatic rings. The van der Waals surface area contributed by atoms with Gasteiger partial charge in [0.2, 0.25) is 0 Å². The van der Waals surface area contributed by atoms with Crippen LogP contribution >= 0.6 is 0 Å². The molecule has 2 aromatic rings. The Bertz CT molecular complexity index is 593. The van der Waals surface area contributed by atoms with Crippen LogP contribution < -0.4 is 15.8 Å². The van der Waals surface area contributed by atoms with E-state index in [4.69, 9.17) is 14.9 Å². The van der Waals surface area contributed by atoms with E-state index in [0.717, 1.165) is 0 Å². The minimum atomic E-state index is -0.336. The van der Waals surface area contributed by atoms with E-state index in [-0.39, 0.29) is 11.9 Å². The summed E-state index contributed by atoms with van der Waals surface area (Å²) in [6.45, 7) is 4.16. The maximum absolute atomic E-state index is 11.9. The minimum absolute atomic E-state index is 0.162. The normalized spacial score (nSPS) is 10.2. The number of nitrogens with one attached hydrogen (secondary N) is 1. The van der Waals surface area contributed by atoms with Crippen molar-refractivity contribution in [2.75, 3.05) is 17.7 Å². The Morgan fingerprint density at radius 3 is 2.89 bits per heavy atom. The van der Waals surface area contributed by atoms with E-state index in [1.807, 2.05) is 6.92 Å². The summed E-state index contributed by atoms with van der Waals surface area (Å²) in [7, 11) is 0. The van der Waals surface area contributed by atoms with Crippen molar-refractivity contribution in [3.8, 4) is 5.75 Å². The predicted octanol–water partition coefficient (Wildman–Crippen LogP) is 2.22. The highest BCUT2D eigenvalue weighted by atomic mass is 16.5. The molecule has 6 heteroatoms. The highest BCUT2D eigenvalue weighted by Gasteiger charge is 2.11. The second-order valence-corrected chi connectivity index (χ2v) is 3.93. The fraction of sp³-hybridized carbons (Fsp3) is 0.231. The van der Waals surface area contributed by atoms with Crippen LogP contribution in [0, 0.1) is 6.92 Å². The molecule has 0 spiro atoms. The number of oxazole rings is 1. The number of carbonyl (C=O) groups excluding carboxylic acids is 1. The fourth-order valence-corrected chi connectivity index (χ4v) is 1.56. The molecular weight excluding hydrogens is 246 g/mol. The summed E-state index contributed by atoms with van der Waals surface area (Å²) in [6, 6.07) is 5.01. The van der Waals surface area contributed by atoms with Gasteiger partial charge in [0.1, 0.15) is 12.0 Å². The summed E-state index contributed by atoms with van der Waals surface area (Å²) in [5.74, 6) is 0.225. The minimum Gasteiger partial charge on any atom is -0.492 e. The van der Waals surface area contributed by atoms with Gasteiger partial charge in [0.15, 0.2) is 0 Å². The predicted molar refractivity (Wildman–Crippen MR) is 71.2 cm³/mol. The first kappa shape index (κ1) is 12.9. The highest BCUT2D eigenvalue weighted by Crippen LogP contribution is 2.23. The van der Waals surface area contributed by atoms with Crippen LogP contribution in [0.2, 0.25) is 0 Å². The number of ether oxygens (including phenoxy) is 1. The number of nitrogens with two attached hydrogens (primary N) is 1. The summed E-state index contributed by atoms with van der Waals surface area (Å²) in [5, 5.41) is 2.54. The van der Waals surface area contributed by atoms with Gasteiger partial charge < -0.3 is 14.9 Å². The van der Waals surface area contributed by atoms with Crippen molar-refractivity contribution < 1.29 is 13.9 Å². The second kappa shape index (κ2) is 5.43. The van der Waals surface area contributed by atoms with E-state index in [2.05, 4.69) is 10.3 Å². The monoisotopic (exact) mass is 261 g/mol. The van der Waals surface area contributed by atoms with Gasteiger partial charge in [0.25, 0.3) is 5.91 Å². The van der Waals surface area contributed by atoms with Crippen LogP contribution in [-0.4, -0.2) is 17.5 Å². The summed E-state index contributed by atoms with van der Waals surface area (Å²) in [5.41, 5.74) is 7.32. The quantitative estimate of drug-likeness (QED) is 0.823. The summed E-state index contributed by atoms with van der Waals surface area (Å²) in [4.78, 5) is 15.9. The van der Waals surface area contributed by atoms with E-state index in [0.29, 0.717) is 29.3 Å². The zero-order valence-corrected chi connectivity index (χ0v) is 10.8. The Morgan fingerprint density at radius 1 is 1.53 bits per heavy atom. The first-order chi connectivity index (χ1) is 9.10. The van der Waals surface area contributed by atoms with Gasteiger partial charge in [-0.3, -0.25) is 10.1 Å². The summed E-state index contributed by atoms with van der Waals surface area (Å²) >= 11 is 0. The molecule has 0 fully saturated rings. The lowest BCUT2D eigenvalue weighted by atomic mass is 10.2. The lowest BCUT2D eigenvalue weighted by Crippen LogP contribution is -2.12. The maximum atomic E-state index is 11.9. The second-order valence-electron chi connectivity index (χ2n) is 3.93. The molecule has 0 bridgehead atoms. The molecular formula is C13H15N3O3. The molecule has 0 aliphatic heterocycles. The Labute approximate surface area is 110 Å². The fourth-order valence-electron chi connectivity index (χ4n) is 1.56. The molecule has 3 N–H and O–H groups in total. The average molecular weight is 261 g/mol. The van der Waals surface area contributed by atoms with Gasteiger partial charge in [-0.2, -0.15) is 4.98 Å². The molecule has 1 amide bonds. The molecule has 0 atom stereocenters. The largest absolute Gasteiger partial charge is 0.492 e. The van der Waals surface area contributed by atoms with E-state index in [1.165, 1.54) is 6.26 Å². The van der Waals surface area contributed by atoms with Crippen molar-refractivity contribution in [1.29, 1.82) is 0 Å². The van der Waals surface area contributed by atoms with Crippen molar-refractivity contribution >= 4 is 17.6 Å². The first-order valence-electron chi connectivity index (χ1n) is 5.86. The Hall–Kier alpha value is -2.50. The van der Waals surface area contributed by atoms with Crippen LogP contribution in [-0.2, 0) is 0 Å². The summed E-state index contributed by atoms with van der Waals surface area (Å²) in [6.07, 6.45) is 1.46. The topological polar surface area (TPSA) is 90.4 Å². The van der Waals surface area contributed by atoms with Gasteiger partial charge >= 0.3 is 6.01 Å². The number of aryl methyl sites for hydroxylation is 1. The van der Waals surface area contributed by atoms with E-state index in [1.54, 1.807) is 25.1 Å². The van der Waals surface area contributed by atoms with Crippen LogP contribution in [0.3, 0.4) is 0 Å². The molecule has 0 aliphatic carbocycles. The average Bonchev–Trinajstić information content (AvgIpc) is 2.77. The number of benzene rings is 1. The van der Waals surface area contributed by atoms with Crippen molar-refractivity contribution in [2.45, 2.75) is 13.8 Å². The molecule has 0 saturated heterocycles. The number of hydrogen-bond acceptors (Lipinski definition) is 5. The van der Waals surface area contributed by atoms with Gasteiger partial charge in [-0.15, -0.1) is 0 Å². The molecule has 2 rings (SSSR count). The number of anilines is 2. The number of carbonyl (C=O) groups is 1. The number of hydrogen-bond donors (Lipinski definition) is 2.